The number of esters is 2. The number of phosphoric acid groups is 1. The van der Waals surface area contributed by atoms with Crippen LogP contribution in [0.1, 0.15) is 180 Å². The Balaban J connectivity index is 4.44. The maximum absolute atomic E-state index is 12.6. The Kier molecular flexibility index (Phi) is 35.6. The summed E-state index contributed by atoms with van der Waals surface area (Å²) >= 11 is 0. The number of quaternary nitrogens is 1. The fraction of sp³-hybridized carbons (Fsp3) is 0.818. The molecule has 0 spiro atoms. The Bertz CT molecular complexity index is 1010. The van der Waals surface area contributed by atoms with Crippen LogP contribution in [0.5, 0.6) is 0 Å². The summed E-state index contributed by atoms with van der Waals surface area (Å²) in [5, 5.41) is 0. The first-order chi connectivity index (χ1) is 26.0. The molecule has 0 rings (SSSR count). The summed E-state index contributed by atoms with van der Waals surface area (Å²) in [6.45, 7) is 5.82. The van der Waals surface area contributed by atoms with Crippen molar-refractivity contribution in [3.8, 4) is 0 Å². The Morgan fingerprint density at radius 2 is 1.15 bits per heavy atom. The lowest BCUT2D eigenvalue weighted by molar-refractivity contribution is -0.870. The van der Waals surface area contributed by atoms with Crippen LogP contribution in [0.25, 0.3) is 0 Å². The monoisotopic (exact) mass is 785 g/mol. The van der Waals surface area contributed by atoms with E-state index in [1.165, 1.54) is 134 Å². The summed E-state index contributed by atoms with van der Waals surface area (Å²) in [5.74, 6) is -1.05. The maximum Gasteiger partial charge on any atom is 0.472 e. The standard InChI is InChI=1S/C44H82NO8P/c1-6-8-10-12-14-16-18-20-22-24-26-28-30-32-34-36-43(46)50-40-42(41-52-54(48,49)51-39-38-45(3,4)5)53-44(47)37-35-33-31-29-27-25-23-21-19-17-15-13-11-9-7-2/h6,31,33,35,37,42H,1,7-30,32,34,36,38-41H2,2-5H3/p+1/b33-31+,37-35+/t42-/m1/s1. The molecule has 1 unspecified atom stereocenters. The molecule has 0 bridgehead atoms. The van der Waals surface area contributed by atoms with Crippen molar-refractivity contribution >= 4 is 19.8 Å². The van der Waals surface area contributed by atoms with Crippen LogP contribution in [0, 0.1) is 0 Å². The van der Waals surface area contributed by atoms with Gasteiger partial charge in [-0.3, -0.25) is 13.8 Å². The fourth-order valence-electron chi connectivity index (χ4n) is 5.96. The molecule has 0 aromatic carbocycles. The average molecular weight is 785 g/mol. The van der Waals surface area contributed by atoms with Gasteiger partial charge in [0.2, 0.25) is 0 Å². The van der Waals surface area contributed by atoms with Gasteiger partial charge in [0, 0.05) is 12.5 Å². The number of allylic oxidation sites excluding steroid dienone is 4. The summed E-state index contributed by atoms with van der Waals surface area (Å²) in [6.07, 6.45) is 40.0. The van der Waals surface area contributed by atoms with E-state index < -0.39 is 32.5 Å². The molecule has 0 saturated heterocycles. The summed E-state index contributed by atoms with van der Waals surface area (Å²) in [5.41, 5.74) is 0. The van der Waals surface area contributed by atoms with Gasteiger partial charge in [0.05, 0.1) is 27.7 Å². The van der Waals surface area contributed by atoms with E-state index in [1.54, 1.807) is 6.08 Å². The van der Waals surface area contributed by atoms with Crippen molar-refractivity contribution in [3.63, 3.8) is 0 Å². The Morgan fingerprint density at radius 3 is 1.65 bits per heavy atom. The largest absolute Gasteiger partial charge is 0.472 e. The lowest BCUT2D eigenvalue weighted by atomic mass is 10.0. The number of likely N-dealkylation sites (N-methyl/N-ethyl adjacent to an activating group) is 1. The van der Waals surface area contributed by atoms with Gasteiger partial charge in [-0.05, 0) is 32.1 Å². The van der Waals surface area contributed by atoms with Crippen LogP contribution in [-0.2, 0) is 32.7 Å². The topological polar surface area (TPSA) is 108 Å². The molecule has 0 aliphatic carbocycles. The van der Waals surface area contributed by atoms with E-state index in [2.05, 4.69) is 13.5 Å². The Morgan fingerprint density at radius 1 is 0.667 bits per heavy atom. The second-order valence-corrected chi connectivity index (χ2v) is 17.3. The minimum Gasteiger partial charge on any atom is -0.462 e. The van der Waals surface area contributed by atoms with E-state index >= 15 is 0 Å². The third-order valence-corrected chi connectivity index (χ3v) is 10.4. The molecule has 10 heteroatoms. The zero-order valence-corrected chi connectivity index (χ0v) is 36.2. The Hall–Kier alpha value is -1.77. The van der Waals surface area contributed by atoms with Gasteiger partial charge in [-0.15, -0.1) is 6.58 Å². The Labute approximate surface area is 331 Å². The lowest BCUT2D eigenvalue weighted by Gasteiger charge is -2.24. The SMILES string of the molecule is C=CCCCCCCCCCCCCCCCC(=O)OC[C@H](COP(=O)(O)OCC[N+](C)(C)C)OC(=O)/C=C/C=C/CCCCCCCCCCCCC. The van der Waals surface area contributed by atoms with Crippen LogP contribution < -0.4 is 0 Å². The summed E-state index contributed by atoms with van der Waals surface area (Å²) < 4.78 is 34.1. The molecule has 316 valence electrons. The summed E-state index contributed by atoms with van der Waals surface area (Å²) in [7, 11) is 1.42. The van der Waals surface area contributed by atoms with Crippen molar-refractivity contribution in [3.05, 3.63) is 37.0 Å². The van der Waals surface area contributed by atoms with Crippen molar-refractivity contribution in [1.29, 1.82) is 0 Å². The molecule has 0 aromatic rings. The van der Waals surface area contributed by atoms with Gasteiger partial charge in [0.15, 0.2) is 6.10 Å². The quantitative estimate of drug-likeness (QED) is 0.0124. The number of hydrogen-bond donors (Lipinski definition) is 1. The van der Waals surface area contributed by atoms with Gasteiger partial charge in [0.1, 0.15) is 19.8 Å². The zero-order chi connectivity index (χ0) is 40.0. The molecule has 0 heterocycles. The molecular weight excluding hydrogens is 701 g/mol. The molecule has 0 aliphatic rings. The van der Waals surface area contributed by atoms with Gasteiger partial charge in [-0.25, -0.2) is 9.36 Å². The number of phosphoric ester groups is 1. The average Bonchev–Trinajstić information content (AvgIpc) is 3.12. The second kappa shape index (κ2) is 36.8. The third-order valence-electron chi connectivity index (χ3n) is 9.40. The van der Waals surface area contributed by atoms with E-state index in [4.69, 9.17) is 18.5 Å². The van der Waals surface area contributed by atoms with Crippen LogP contribution >= 0.6 is 7.82 Å². The highest BCUT2D eigenvalue weighted by molar-refractivity contribution is 7.47. The van der Waals surface area contributed by atoms with E-state index in [0.717, 1.165) is 38.5 Å². The van der Waals surface area contributed by atoms with E-state index in [9.17, 15) is 19.0 Å². The van der Waals surface area contributed by atoms with Crippen LogP contribution in [0.15, 0.2) is 37.0 Å². The number of ether oxygens (including phenoxy) is 2. The number of nitrogens with zero attached hydrogens (tertiary/aromatic N) is 1. The molecule has 0 saturated carbocycles. The molecule has 0 aromatic heterocycles. The van der Waals surface area contributed by atoms with Gasteiger partial charge in [0.25, 0.3) is 0 Å². The van der Waals surface area contributed by atoms with Gasteiger partial charge < -0.3 is 18.9 Å². The predicted molar refractivity (Wildman–Crippen MR) is 224 cm³/mol. The van der Waals surface area contributed by atoms with Crippen molar-refractivity contribution in [2.24, 2.45) is 0 Å². The summed E-state index contributed by atoms with van der Waals surface area (Å²) in [6, 6.07) is 0. The molecule has 9 nitrogen and oxygen atoms in total. The van der Waals surface area contributed by atoms with E-state index in [0.29, 0.717) is 11.0 Å². The fourth-order valence-corrected chi connectivity index (χ4v) is 6.70. The van der Waals surface area contributed by atoms with E-state index in [-0.39, 0.29) is 19.6 Å². The van der Waals surface area contributed by atoms with Crippen molar-refractivity contribution in [2.45, 2.75) is 186 Å². The van der Waals surface area contributed by atoms with Crippen molar-refractivity contribution in [2.75, 3.05) is 47.5 Å². The number of hydrogen-bond acceptors (Lipinski definition) is 7. The molecule has 0 amide bonds. The van der Waals surface area contributed by atoms with Crippen LogP contribution in [0.4, 0.5) is 0 Å². The molecule has 0 aliphatic heterocycles. The van der Waals surface area contributed by atoms with Gasteiger partial charge in [-0.1, -0.05) is 166 Å². The first-order valence-corrected chi connectivity index (χ1v) is 23.2. The maximum atomic E-state index is 12.6. The smallest absolute Gasteiger partial charge is 0.462 e. The number of carbonyl (C=O) groups excluding carboxylic acids is 2. The number of rotatable bonds is 40. The first-order valence-electron chi connectivity index (χ1n) is 21.7. The molecule has 0 fully saturated rings. The highest BCUT2D eigenvalue weighted by Gasteiger charge is 2.26. The second-order valence-electron chi connectivity index (χ2n) is 15.9. The van der Waals surface area contributed by atoms with Crippen LogP contribution in [0.2, 0.25) is 0 Å². The van der Waals surface area contributed by atoms with E-state index in [1.807, 2.05) is 39.4 Å². The highest BCUT2D eigenvalue weighted by atomic mass is 31.2. The van der Waals surface area contributed by atoms with Crippen molar-refractivity contribution < 1.29 is 42.1 Å². The molecule has 2 atom stereocenters. The zero-order valence-electron chi connectivity index (χ0n) is 35.3. The molecule has 0 radical (unpaired) electrons. The summed E-state index contributed by atoms with van der Waals surface area (Å²) in [4.78, 5) is 35.2. The normalized spacial score (nSPS) is 13.7. The lowest BCUT2D eigenvalue weighted by Crippen LogP contribution is -2.37. The molecule has 1 N–H and O–H groups in total. The highest BCUT2D eigenvalue weighted by Crippen LogP contribution is 2.43. The minimum atomic E-state index is -4.40. The van der Waals surface area contributed by atoms with Gasteiger partial charge in [-0.2, -0.15) is 0 Å². The third kappa shape index (κ3) is 39.9. The number of carbonyl (C=O) groups is 2. The first kappa shape index (κ1) is 52.2. The van der Waals surface area contributed by atoms with Crippen LogP contribution in [0.3, 0.4) is 0 Å². The molecule has 54 heavy (non-hydrogen) atoms. The van der Waals surface area contributed by atoms with Crippen LogP contribution in [-0.4, -0.2) is 74.9 Å². The number of unbranched alkanes of at least 4 members (excludes halogenated alkanes) is 24. The minimum absolute atomic E-state index is 0.0158. The van der Waals surface area contributed by atoms with Crippen molar-refractivity contribution in [1.82, 2.24) is 0 Å². The molecular formula is C44H83NO8P+. The predicted octanol–water partition coefficient (Wildman–Crippen LogP) is 12.1. The van der Waals surface area contributed by atoms with Gasteiger partial charge >= 0.3 is 19.8 Å².